The molecule has 3 aromatic rings. The summed E-state index contributed by atoms with van der Waals surface area (Å²) in [6.45, 7) is 6.08. The van der Waals surface area contributed by atoms with Gasteiger partial charge in [-0.05, 0) is 36.7 Å². The zero-order valence-electron chi connectivity index (χ0n) is 15.2. The van der Waals surface area contributed by atoms with Crippen molar-refractivity contribution < 1.29 is 9.53 Å². The average Bonchev–Trinajstić information content (AvgIpc) is 3.23. The second-order valence-corrected chi connectivity index (χ2v) is 6.39. The fourth-order valence-corrected chi connectivity index (χ4v) is 2.83. The molecule has 0 saturated carbocycles. The van der Waals surface area contributed by atoms with Gasteiger partial charge in [0.1, 0.15) is 18.1 Å². The van der Waals surface area contributed by atoms with Crippen LogP contribution < -0.4 is 5.32 Å². The van der Waals surface area contributed by atoms with E-state index >= 15 is 0 Å². The number of ether oxygens (including phenoxy) is 1. The summed E-state index contributed by atoms with van der Waals surface area (Å²) in [6, 6.07) is 23.7. The molecule has 3 rings (SSSR count). The summed E-state index contributed by atoms with van der Waals surface area (Å²) in [5, 5.41) is 5.32. The van der Waals surface area contributed by atoms with Crippen molar-refractivity contribution in [1.82, 2.24) is 0 Å². The van der Waals surface area contributed by atoms with E-state index in [1.54, 1.807) is 0 Å². The lowest BCUT2D eigenvalue weighted by Crippen LogP contribution is -1.94. The standard InChI is InChI=1S/C17H17NO.C5H5NOS/c1-14(19-13-15-9-5-3-6-10-15)17(18-2)16-11-7-4-8-12-16;7-4-6-5-2-1-3-8-5/h3-12H,2,13H2,1H3;1-4H,(H,6,7)/b17-14-;. The molecule has 1 heterocycles. The molecule has 1 amide bonds. The molecule has 1 aromatic heterocycles. The van der Waals surface area contributed by atoms with E-state index in [0.29, 0.717) is 13.0 Å². The van der Waals surface area contributed by atoms with E-state index < -0.39 is 0 Å². The molecule has 0 aliphatic rings. The van der Waals surface area contributed by atoms with Crippen molar-refractivity contribution in [3.05, 3.63) is 95.1 Å². The predicted molar refractivity (Wildman–Crippen MR) is 114 cm³/mol. The summed E-state index contributed by atoms with van der Waals surface area (Å²) in [5.74, 6) is 0.782. The Balaban J connectivity index is 0.000000273. The molecule has 0 bridgehead atoms. The highest BCUT2D eigenvalue weighted by atomic mass is 32.1. The summed E-state index contributed by atoms with van der Waals surface area (Å²) in [4.78, 5) is 13.8. The Hall–Kier alpha value is -3.18. The topological polar surface area (TPSA) is 50.7 Å². The van der Waals surface area contributed by atoms with Crippen molar-refractivity contribution in [2.75, 3.05) is 5.32 Å². The number of rotatable bonds is 7. The van der Waals surface area contributed by atoms with Crippen molar-refractivity contribution in [1.29, 1.82) is 0 Å². The predicted octanol–water partition coefficient (Wildman–Crippen LogP) is 5.61. The number of nitrogens with one attached hydrogen (secondary N) is 1. The van der Waals surface area contributed by atoms with Crippen LogP contribution >= 0.6 is 11.3 Å². The van der Waals surface area contributed by atoms with E-state index in [-0.39, 0.29) is 0 Å². The zero-order valence-corrected chi connectivity index (χ0v) is 16.0. The second kappa shape index (κ2) is 11.4. The average molecular weight is 378 g/mol. The van der Waals surface area contributed by atoms with Crippen LogP contribution in [-0.2, 0) is 16.1 Å². The van der Waals surface area contributed by atoms with Crippen molar-refractivity contribution >= 4 is 35.2 Å². The van der Waals surface area contributed by atoms with Crippen LogP contribution in [0.15, 0.2) is 88.9 Å². The number of nitrogens with zero attached hydrogens (tertiary/aromatic N) is 1. The second-order valence-electron chi connectivity index (χ2n) is 5.44. The molecule has 0 aliphatic heterocycles. The van der Waals surface area contributed by atoms with Crippen molar-refractivity contribution in [3.8, 4) is 0 Å². The Kier molecular flexibility index (Phi) is 8.53. The Labute approximate surface area is 163 Å². The number of carbonyl (C=O) groups excluding carboxylic acids is 1. The minimum absolute atomic E-state index is 0.540. The van der Waals surface area contributed by atoms with Crippen LogP contribution in [0, 0.1) is 0 Å². The van der Waals surface area contributed by atoms with Gasteiger partial charge in [0.05, 0.1) is 5.00 Å². The Bertz CT molecular complexity index is 845. The number of benzene rings is 2. The molecule has 0 unspecified atom stereocenters. The van der Waals surface area contributed by atoms with E-state index in [1.807, 2.05) is 85.1 Å². The molecule has 0 spiro atoms. The molecule has 27 heavy (non-hydrogen) atoms. The zero-order chi connectivity index (χ0) is 19.3. The minimum Gasteiger partial charge on any atom is -0.491 e. The maximum Gasteiger partial charge on any atom is 0.212 e. The van der Waals surface area contributed by atoms with Crippen LogP contribution in [0.4, 0.5) is 5.00 Å². The summed E-state index contributed by atoms with van der Waals surface area (Å²) < 4.78 is 5.78. The first-order valence-corrected chi connectivity index (χ1v) is 9.26. The molecule has 0 saturated heterocycles. The van der Waals surface area contributed by atoms with Crippen LogP contribution in [0.5, 0.6) is 0 Å². The number of aliphatic imine (C=N–C) groups is 1. The smallest absolute Gasteiger partial charge is 0.212 e. The molecular weight excluding hydrogens is 356 g/mol. The first kappa shape index (κ1) is 20.1. The monoisotopic (exact) mass is 378 g/mol. The Morgan fingerprint density at radius 2 is 1.74 bits per heavy atom. The third-order valence-electron chi connectivity index (χ3n) is 3.56. The number of amides is 1. The Morgan fingerprint density at radius 3 is 2.30 bits per heavy atom. The van der Waals surface area contributed by atoms with Gasteiger partial charge in [0, 0.05) is 5.56 Å². The van der Waals surface area contributed by atoms with Gasteiger partial charge in [-0.2, -0.15) is 0 Å². The molecule has 5 heteroatoms. The van der Waals surface area contributed by atoms with Crippen LogP contribution in [0.1, 0.15) is 18.1 Å². The van der Waals surface area contributed by atoms with Crippen molar-refractivity contribution in [3.63, 3.8) is 0 Å². The number of anilines is 1. The number of thiophene rings is 1. The van der Waals surface area contributed by atoms with Gasteiger partial charge in [0.25, 0.3) is 0 Å². The fraction of sp³-hybridized carbons (Fsp3) is 0.0909. The molecule has 0 atom stereocenters. The quantitative estimate of drug-likeness (QED) is 0.330. The lowest BCUT2D eigenvalue weighted by atomic mass is 10.1. The van der Waals surface area contributed by atoms with Crippen molar-refractivity contribution in [2.45, 2.75) is 13.5 Å². The highest BCUT2D eigenvalue weighted by Crippen LogP contribution is 2.21. The first-order valence-electron chi connectivity index (χ1n) is 8.38. The first-order chi connectivity index (χ1) is 13.2. The molecule has 0 aliphatic carbocycles. The van der Waals surface area contributed by atoms with Gasteiger partial charge in [0.2, 0.25) is 6.41 Å². The maximum absolute atomic E-state index is 9.77. The summed E-state index contributed by atoms with van der Waals surface area (Å²) >= 11 is 1.51. The Morgan fingerprint density at radius 1 is 1.07 bits per heavy atom. The van der Waals surface area contributed by atoms with Gasteiger partial charge < -0.3 is 10.1 Å². The molecule has 1 N–H and O–H groups in total. The third-order valence-corrected chi connectivity index (χ3v) is 4.36. The number of hydrogen-bond acceptors (Lipinski definition) is 4. The van der Waals surface area contributed by atoms with E-state index in [4.69, 9.17) is 4.74 Å². The van der Waals surface area contributed by atoms with E-state index in [0.717, 1.165) is 27.6 Å². The van der Waals surface area contributed by atoms with Gasteiger partial charge in [-0.15, -0.1) is 11.3 Å². The molecule has 0 fully saturated rings. The SMILES string of the molecule is C=N/C(=C(/C)OCc1ccccc1)c1ccccc1.O=CNc1cccs1. The summed E-state index contributed by atoms with van der Waals surface area (Å²) in [5.41, 5.74) is 2.94. The number of carbonyl (C=O) groups is 1. The van der Waals surface area contributed by atoms with Gasteiger partial charge in [-0.1, -0.05) is 60.7 Å². The highest BCUT2D eigenvalue weighted by molar-refractivity contribution is 7.14. The van der Waals surface area contributed by atoms with E-state index in [9.17, 15) is 4.79 Å². The molecular formula is C22H22N2O2S. The van der Waals surface area contributed by atoms with E-state index in [2.05, 4.69) is 17.0 Å². The largest absolute Gasteiger partial charge is 0.491 e. The number of allylic oxidation sites excluding steroid dienone is 1. The van der Waals surface area contributed by atoms with Crippen LogP contribution in [0.2, 0.25) is 0 Å². The van der Waals surface area contributed by atoms with E-state index in [1.165, 1.54) is 11.3 Å². The maximum atomic E-state index is 9.77. The van der Waals surface area contributed by atoms with Crippen LogP contribution in [0.25, 0.3) is 5.70 Å². The van der Waals surface area contributed by atoms with Gasteiger partial charge in [-0.25, -0.2) is 0 Å². The lowest BCUT2D eigenvalue weighted by molar-refractivity contribution is -0.105. The summed E-state index contributed by atoms with van der Waals surface area (Å²) in [7, 11) is 0. The van der Waals surface area contributed by atoms with Gasteiger partial charge >= 0.3 is 0 Å². The molecule has 138 valence electrons. The van der Waals surface area contributed by atoms with Gasteiger partial charge in [-0.3, -0.25) is 9.79 Å². The third kappa shape index (κ3) is 6.92. The molecule has 0 radical (unpaired) electrons. The van der Waals surface area contributed by atoms with Crippen molar-refractivity contribution in [2.24, 2.45) is 4.99 Å². The molecule has 2 aromatic carbocycles. The summed E-state index contributed by atoms with van der Waals surface area (Å²) in [6.07, 6.45) is 0.672. The van der Waals surface area contributed by atoms with Gasteiger partial charge in [0.15, 0.2) is 0 Å². The van der Waals surface area contributed by atoms with Crippen LogP contribution in [0.3, 0.4) is 0 Å². The van der Waals surface area contributed by atoms with Crippen LogP contribution in [-0.4, -0.2) is 13.1 Å². The minimum atomic E-state index is 0.540. The highest BCUT2D eigenvalue weighted by Gasteiger charge is 2.05. The lowest BCUT2D eigenvalue weighted by Gasteiger charge is -2.10. The fourth-order valence-electron chi connectivity index (χ4n) is 2.25. The number of hydrogen-bond donors (Lipinski definition) is 1. The molecule has 4 nitrogen and oxygen atoms in total. The normalized spacial score (nSPS) is 10.7.